The molecule has 1 aromatic rings. The van der Waals surface area contributed by atoms with E-state index in [4.69, 9.17) is 4.74 Å². The molecule has 0 saturated heterocycles. The van der Waals surface area contributed by atoms with Gasteiger partial charge in [0, 0.05) is 39.9 Å². The number of carbonyl (C=O) groups is 1. The standard InChI is InChI=1S/C14H22N2O4S/c1-11-7-8-12(15-14(17)6-5-9-20-4)10-13(11)21(18,19)16(2)3/h7-8,10H,5-6,9H2,1-4H3,(H,15,17). The van der Waals surface area contributed by atoms with Gasteiger partial charge < -0.3 is 10.1 Å². The van der Waals surface area contributed by atoms with E-state index in [1.54, 1.807) is 26.2 Å². The van der Waals surface area contributed by atoms with Crippen LogP contribution in [0.3, 0.4) is 0 Å². The number of hydrogen-bond donors (Lipinski definition) is 1. The van der Waals surface area contributed by atoms with Gasteiger partial charge >= 0.3 is 0 Å². The van der Waals surface area contributed by atoms with E-state index in [1.165, 1.54) is 20.2 Å². The van der Waals surface area contributed by atoms with Crippen LogP contribution >= 0.6 is 0 Å². The van der Waals surface area contributed by atoms with Gasteiger partial charge in [-0.05, 0) is 31.0 Å². The fourth-order valence-electron chi connectivity index (χ4n) is 1.75. The molecule has 0 heterocycles. The molecule has 1 aromatic carbocycles. The number of amides is 1. The summed E-state index contributed by atoms with van der Waals surface area (Å²) in [5.74, 6) is -0.163. The van der Waals surface area contributed by atoms with Crippen molar-refractivity contribution in [2.24, 2.45) is 0 Å². The van der Waals surface area contributed by atoms with Crippen molar-refractivity contribution in [3.63, 3.8) is 0 Å². The summed E-state index contributed by atoms with van der Waals surface area (Å²) < 4.78 is 30.4. The maximum absolute atomic E-state index is 12.2. The quantitative estimate of drug-likeness (QED) is 0.776. The summed E-state index contributed by atoms with van der Waals surface area (Å²) in [5.41, 5.74) is 1.12. The van der Waals surface area contributed by atoms with Gasteiger partial charge in [-0.1, -0.05) is 6.07 Å². The first-order chi connectivity index (χ1) is 9.78. The Morgan fingerprint density at radius 2 is 2.00 bits per heavy atom. The van der Waals surface area contributed by atoms with Gasteiger partial charge in [0.2, 0.25) is 15.9 Å². The van der Waals surface area contributed by atoms with Crippen molar-refractivity contribution >= 4 is 21.6 Å². The fourth-order valence-corrected chi connectivity index (χ4v) is 2.90. The Labute approximate surface area is 126 Å². The summed E-state index contributed by atoms with van der Waals surface area (Å²) in [7, 11) is 1.01. The summed E-state index contributed by atoms with van der Waals surface area (Å²) in [4.78, 5) is 11.9. The number of ether oxygens (including phenoxy) is 1. The Morgan fingerprint density at radius 3 is 2.57 bits per heavy atom. The Balaban J connectivity index is 2.90. The van der Waals surface area contributed by atoms with Crippen LogP contribution in [0.1, 0.15) is 18.4 Å². The van der Waals surface area contributed by atoms with E-state index in [0.29, 0.717) is 30.7 Å². The van der Waals surface area contributed by atoms with Gasteiger partial charge in [0.15, 0.2) is 0 Å². The Kier molecular flexibility index (Phi) is 6.32. The van der Waals surface area contributed by atoms with Crippen LogP contribution in [0.25, 0.3) is 0 Å². The highest BCUT2D eigenvalue weighted by Crippen LogP contribution is 2.22. The molecule has 118 valence electrons. The minimum absolute atomic E-state index is 0.163. The maximum Gasteiger partial charge on any atom is 0.242 e. The lowest BCUT2D eigenvalue weighted by Crippen LogP contribution is -2.23. The Morgan fingerprint density at radius 1 is 1.33 bits per heavy atom. The highest BCUT2D eigenvalue weighted by Gasteiger charge is 2.20. The van der Waals surface area contributed by atoms with Gasteiger partial charge in [0.1, 0.15) is 0 Å². The predicted octanol–water partition coefficient (Wildman–Crippen LogP) is 1.61. The van der Waals surface area contributed by atoms with Gasteiger partial charge in [0.25, 0.3) is 0 Å². The topological polar surface area (TPSA) is 75.7 Å². The summed E-state index contributed by atoms with van der Waals surface area (Å²) in [6, 6.07) is 4.86. The SMILES string of the molecule is COCCCC(=O)Nc1ccc(C)c(S(=O)(=O)N(C)C)c1. The molecule has 1 amide bonds. The van der Waals surface area contributed by atoms with Crippen LogP contribution in [0.4, 0.5) is 5.69 Å². The fraction of sp³-hybridized carbons (Fsp3) is 0.500. The van der Waals surface area contributed by atoms with E-state index in [9.17, 15) is 13.2 Å². The maximum atomic E-state index is 12.2. The van der Waals surface area contributed by atoms with Crippen LogP contribution in [-0.4, -0.2) is 46.4 Å². The van der Waals surface area contributed by atoms with Gasteiger partial charge in [-0.15, -0.1) is 0 Å². The number of nitrogens with zero attached hydrogens (tertiary/aromatic N) is 1. The molecule has 0 radical (unpaired) electrons. The van der Waals surface area contributed by atoms with Crippen LogP contribution in [-0.2, 0) is 19.6 Å². The van der Waals surface area contributed by atoms with E-state index in [1.807, 2.05) is 0 Å². The average molecular weight is 314 g/mol. The minimum Gasteiger partial charge on any atom is -0.385 e. The number of aryl methyl sites for hydroxylation is 1. The summed E-state index contributed by atoms with van der Waals surface area (Å²) in [6.07, 6.45) is 0.953. The zero-order chi connectivity index (χ0) is 16.0. The second-order valence-electron chi connectivity index (χ2n) is 4.91. The second-order valence-corrected chi connectivity index (χ2v) is 7.03. The van der Waals surface area contributed by atoms with Crippen LogP contribution < -0.4 is 5.32 Å². The number of anilines is 1. The number of sulfonamides is 1. The van der Waals surface area contributed by atoms with Crippen molar-refractivity contribution < 1.29 is 17.9 Å². The molecule has 1 rings (SSSR count). The average Bonchev–Trinajstić information content (AvgIpc) is 2.41. The van der Waals surface area contributed by atoms with E-state index in [2.05, 4.69) is 5.32 Å². The van der Waals surface area contributed by atoms with Crippen molar-refractivity contribution in [2.75, 3.05) is 33.1 Å². The summed E-state index contributed by atoms with van der Waals surface area (Å²) in [6.45, 7) is 2.24. The van der Waals surface area contributed by atoms with E-state index in [0.717, 1.165) is 4.31 Å². The molecule has 0 unspecified atom stereocenters. The Bertz CT molecular complexity index is 597. The van der Waals surface area contributed by atoms with Gasteiger partial charge in [-0.3, -0.25) is 4.79 Å². The molecule has 0 aliphatic carbocycles. The highest BCUT2D eigenvalue weighted by molar-refractivity contribution is 7.89. The van der Waals surface area contributed by atoms with Crippen molar-refractivity contribution in [1.29, 1.82) is 0 Å². The van der Waals surface area contributed by atoms with Crippen LogP contribution in [0.15, 0.2) is 23.1 Å². The molecular formula is C14H22N2O4S. The summed E-state index contributed by atoms with van der Waals surface area (Å²) >= 11 is 0. The molecule has 0 fully saturated rings. The van der Waals surface area contributed by atoms with Crippen LogP contribution in [0.2, 0.25) is 0 Å². The predicted molar refractivity (Wildman–Crippen MR) is 81.8 cm³/mol. The number of carbonyl (C=O) groups excluding carboxylic acids is 1. The Hall–Kier alpha value is -1.44. The molecule has 0 aliphatic heterocycles. The van der Waals surface area contributed by atoms with E-state index < -0.39 is 10.0 Å². The van der Waals surface area contributed by atoms with Gasteiger partial charge in [-0.2, -0.15) is 0 Å². The lowest BCUT2D eigenvalue weighted by molar-refractivity contribution is -0.116. The molecule has 0 aliphatic rings. The van der Waals surface area contributed by atoms with E-state index in [-0.39, 0.29) is 10.8 Å². The highest BCUT2D eigenvalue weighted by atomic mass is 32.2. The van der Waals surface area contributed by atoms with Crippen molar-refractivity contribution in [2.45, 2.75) is 24.7 Å². The van der Waals surface area contributed by atoms with E-state index >= 15 is 0 Å². The molecule has 0 saturated carbocycles. The normalized spacial score (nSPS) is 11.7. The molecule has 21 heavy (non-hydrogen) atoms. The number of rotatable bonds is 7. The molecule has 7 heteroatoms. The first kappa shape index (κ1) is 17.6. The molecule has 0 bridgehead atoms. The molecule has 6 nitrogen and oxygen atoms in total. The first-order valence-corrected chi connectivity index (χ1v) is 8.05. The molecule has 0 atom stereocenters. The van der Waals surface area contributed by atoms with Crippen LogP contribution in [0.5, 0.6) is 0 Å². The number of nitrogens with one attached hydrogen (secondary N) is 1. The number of methoxy groups -OCH3 is 1. The van der Waals surface area contributed by atoms with Crippen molar-refractivity contribution in [3.05, 3.63) is 23.8 Å². The van der Waals surface area contributed by atoms with Gasteiger partial charge in [-0.25, -0.2) is 12.7 Å². The number of hydrogen-bond acceptors (Lipinski definition) is 4. The molecular weight excluding hydrogens is 292 g/mol. The second kappa shape index (κ2) is 7.53. The first-order valence-electron chi connectivity index (χ1n) is 6.61. The molecule has 0 spiro atoms. The van der Waals surface area contributed by atoms with Gasteiger partial charge in [0.05, 0.1) is 4.90 Å². The van der Waals surface area contributed by atoms with Crippen molar-refractivity contribution in [1.82, 2.24) is 4.31 Å². The third kappa shape index (κ3) is 4.80. The van der Waals surface area contributed by atoms with Crippen molar-refractivity contribution in [3.8, 4) is 0 Å². The summed E-state index contributed by atoms with van der Waals surface area (Å²) in [5, 5.41) is 2.70. The monoisotopic (exact) mass is 314 g/mol. The molecule has 0 aromatic heterocycles. The minimum atomic E-state index is -3.52. The smallest absolute Gasteiger partial charge is 0.242 e. The van der Waals surface area contributed by atoms with Crippen LogP contribution in [0, 0.1) is 6.92 Å². The lowest BCUT2D eigenvalue weighted by Gasteiger charge is -2.15. The lowest BCUT2D eigenvalue weighted by atomic mass is 10.2. The third-order valence-corrected chi connectivity index (χ3v) is 4.94. The largest absolute Gasteiger partial charge is 0.385 e. The zero-order valence-corrected chi connectivity index (χ0v) is 13.7. The number of benzene rings is 1. The zero-order valence-electron chi connectivity index (χ0n) is 12.8. The third-order valence-electron chi connectivity index (χ3n) is 2.98. The molecule has 1 N–H and O–H groups in total.